The average Bonchev–Trinajstić information content (AvgIpc) is 3.40. The highest BCUT2D eigenvalue weighted by Gasteiger charge is 2.30. The van der Waals surface area contributed by atoms with Gasteiger partial charge in [-0.2, -0.15) is 13.2 Å². The summed E-state index contributed by atoms with van der Waals surface area (Å²) in [6, 6.07) is 18.6. The van der Waals surface area contributed by atoms with Crippen molar-refractivity contribution in [3.05, 3.63) is 93.5 Å². The van der Waals surface area contributed by atoms with E-state index in [-0.39, 0.29) is 0 Å². The van der Waals surface area contributed by atoms with Crippen molar-refractivity contribution in [3.63, 3.8) is 0 Å². The summed E-state index contributed by atoms with van der Waals surface area (Å²) < 4.78 is 45.0. The van der Waals surface area contributed by atoms with Gasteiger partial charge < -0.3 is 14.7 Å². The summed E-state index contributed by atoms with van der Waals surface area (Å²) in [4.78, 5) is 22.8. The van der Waals surface area contributed by atoms with Crippen LogP contribution in [-0.4, -0.2) is 53.2 Å². The Morgan fingerprint density at radius 1 is 1.07 bits per heavy atom. The van der Waals surface area contributed by atoms with Crippen molar-refractivity contribution in [1.29, 1.82) is 0 Å². The van der Waals surface area contributed by atoms with Crippen molar-refractivity contribution >= 4 is 46.4 Å². The molecule has 1 fully saturated rings. The van der Waals surface area contributed by atoms with Gasteiger partial charge in [0.2, 0.25) is 0 Å². The minimum Gasteiger partial charge on any atom is -0.479 e. The molecule has 1 aromatic heterocycles. The van der Waals surface area contributed by atoms with Gasteiger partial charge in [-0.1, -0.05) is 23.7 Å². The van der Waals surface area contributed by atoms with E-state index in [0.29, 0.717) is 33.6 Å². The van der Waals surface area contributed by atoms with Gasteiger partial charge in [0.15, 0.2) is 6.10 Å². The molecule has 0 bridgehead atoms. The molecule has 1 saturated heterocycles. The van der Waals surface area contributed by atoms with Crippen molar-refractivity contribution in [1.82, 2.24) is 9.88 Å². The molecule has 0 spiro atoms. The van der Waals surface area contributed by atoms with Crippen molar-refractivity contribution in [2.45, 2.75) is 43.3 Å². The number of hydrogen-bond acceptors (Lipinski definition) is 7. The number of thiazole rings is 1. The first-order valence-corrected chi connectivity index (χ1v) is 16.2. The van der Waals surface area contributed by atoms with Crippen molar-refractivity contribution in [2.75, 3.05) is 31.1 Å². The molecule has 0 saturated carbocycles. The molecule has 44 heavy (non-hydrogen) atoms. The summed E-state index contributed by atoms with van der Waals surface area (Å²) in [7, 11) is 0. The van der Waals surface area contributed by atoms with Crippen LogP contribution in [0.5, 0.6) is 5.75 Å². The van der Waals surface area contributed by atoms with E-state index in [1.807, 2.05) is 43.3 Å². The predicted octanol–water partition coefficient (Wildman–Crippen LogP) is 8.26. The van der Waals surface area contributed by atoms with E-state index in [0.717, 1.165) is 65.0 Å². The Kier molecular flexibility index (Phi) is 10.1. The van der Waals surface area contributed by atoms with Crippen LogP contribution < -0.4 is 9.64 Å². The topological polar surface area (TPSA) is 65.9 Å². The first-order valence-electron chi connectivity index (χ1n) is 14.0. The Balaban J connectivity index is 1.32. The van der Waals surface area contributed by atoms with E-state index in [4.69, 9.17) is 26.4 Å². The third kappa shape index (κ3) is 8.06. The van der Waals surface area contributed by atoms with Crippen LogP contribution in [0.1, 0.15) is 28.6 Å². The number of anilines is 1. The number of piperazine rings is 1. The van der Waals surface area contributed by atoms with E-state index < -0.39 is 23.8 Å². The molecule has 1 atom stereocenters. The molecule has 1 aliphatic heterocycles. The number of alkyl halides is 3. The minimum atomic E-state index is -4.40. The number of carboxylic acids is 1. The number of rotatable bonds is 10. The lowest BCUT2D eigenvalue weighted by atomic mass is 10.1. The lowest BCUT2D eigenvalue weighted by Gasteiger charge is -2.36. The Morgan fingerprint density at radius 3 is 2.36 bits per heavy atom. The van der Waals surface area contributed by atoms with Gasteiger partial charge in [-0.3, -0.25) is 4.90 Å². The van der Waals surface area contributed by atoms with Crippen molar-refractivity contribution in [2.24, 2.45) is 0 Å². The number of thioether (sulfide) groups is 1. The summed E-state index contributed by atoms with van der Waals surface area (Å²) >= 11 is 9.17. The van der Waals surface area contributed by atoms with E-state index >= 15 is 0 Å². The number of aliphatic carboxylic acids is 1. The quantitative estimate of drug-likeness (QED) is 0.172. The summed E-state index contributed by atoms with van der Waals surface area (Å²) in [6.07, 6.45) is -5.35. The second-order valence-corrected chi connectivity index (χ2v) is 13.1. The number of carboxylic acid groups (broad SMARTS) is 1. The van der Waals surface area contributed by atoms with E-state index in [1.165, 1.54) is 30.4 Å². The van der Waals surface area contributed by atoms with Crippen LogP contribution in [-0.2, 0) is 23.3 Å². The number of ether oxygens (including phenoxy) is 1. The van der Waals surface area contributed by atoms with Gasteiger partial charge in [-0.25, -0.2) is 9.78 Å². The molecule has 0 aliphatic carbocycles. The Bertz CT molecular complexity index is 1590. The summed E-state index contributed by atoms with van der Waals surface area (Å²) in [5, 5.41) is 10.5. The molecule has 12 heteroatoms. The maximum absolute atomic E-state index is 13.2. The second kappa shape index (κ2) is 13.8. The number of aromatic nitrogens is 1. The van der Waals surface area contributed by atoms with Crippen molar-refractivity contribution in [3.8, 4) is 16.3 Å². The monoisotopic (exact) mass is 661 g/mol. The fourth-order valence-corrected chi connectivity index (χ4v) is 7.10. The number of nitrogens with zero attached hydrogens (tertiary/aromatic N) is 3. The van der Waals surface area contributed by atoms with Gasteiger partial charge >= 0.3 is 12.1 Å². The zero-order chi connectivity index (χ0) is 31.4. The van der Waals surface area contributed by atoms with E-state index in [9.17, 15) is 18.0 Å². The highest BCUT2D eigenvalue weighted by molar-refractivity contribution is 7.98. The lowest BCUT2D eigenvalue weighted by molar-refractivity contribution is -0.144. The molecule has 3 aromatic carbocycles. The smallest absolute Gasteiger partial charge is 0.416 e. The number of aryl methyl sites for hydroxylation is 1. The Hall–Kier alpha value is -3.25. The SMILES string of the molecule is Cc1cc(SCc2sc(-c3ccc(C(F)(F)F)cc3)nc2CN2CCN(c3ccc(Cl)cc3)CC2)ccc1OC(C)C(=O)O. The average molecular weight is 662 g/mol. The summed E-state index contributed by atoms with van der Waals surface area (Å²) in [5.74, 6) is 0.115. The lowest BCUT2D eigenvalue weighted by Crippen LogP contribution is -2.46. The van der Waals surface area contributed by atoms with Crippen LogP contribution in [0.25, 0.3) is 10.6 Å². The normalized spacial score (nSPS) is 14.9. The summed E-state index contributed by atoms with van der Waals surface area (Å²) in [5.41, 5.74) is 2.85. The maximum atomic E-state index is 13.2. The highest BCUT2D eigenvalue weighted by Crippen LogP contribution is 2.37. The molecule has 2 heterocycles. The fraction of sp³-hybridized carbons (Fsp3) is 0.312. The van der Waals surface area contributed by atoms with Crippen LogP contribution >= 0.6 is 34.7 Å². The van der Waals surface area contributed by atoms with Crippen molar-refractivity contribution < 1.29 is 27.8 Å². The zero-order valence-corrected chi connectivity index (χ0v) is 26.5. The molecular formula is C32H31ClF3N3O3S2. The van der Waals surface area contributed by atoms with Crippen LogP contribution in [0.15, 0.2) is 71.6 Å². The van der Waals surface area contributed by atoms with Crippen LogP contribution in [0.4, 0.5) is 18.9 Å². The first-order chi connectivity index (χ1) is 21.0. The third-order valence-corrected chi connectivity index (χ3v) is 9.94. The molecule has 5 rings (SSSR count). The molecule has 0 amide bonds. The number of hydrogen-bond donors (Lipinski definition) is 1. The van der Waals surface area contributed by atoms with Gasteiger partial charge in [0.25, 0.3) is 0 Å². The molecule has 1 N–H and O–H groups in total. The molecule has 6 nitrogen and oxygen atoms in total. The minimum absolute atomic E-state index is 0.519. The number of benzene rings is 3. The van der Waals surface area contributed by atoms with Gasteiger partial charge in [-0.15, -0.1) is 23.1 Å². The number of halogens is 4. The number of carbonyl (C=O) groups is 1. The van der Waals surface area contributed by atoms with Crippen LogP contribution in [0.2, 0.25) is 5.02 Å². The van der Waals surface area contributed by atoms with Gasteiger partial charge in [-0.05, 0) is 74.0 Å². The zero-order valence-electron chi connectivity index (χ0n) is 24.1. The maximum Gasteiger partial charge on any atom is 0.416 e. The molecule has 4 aromatic rings. The van der Waals surface area contributed by atoms with E-state index in [2.05, 4.69) is 9.80 Å². The molecule has 0 radical (unpaired) electrons. The molecule has 1 unspecified atom stereocenters. The van der Waals surface area contributed by atoms with Crippen LogP contribution in [0, 0.1) is 6.92 Å². The fourth-order valence-electron chi connectivity index (χ4n) is 4.81. The highest BCUT2D eigenvalue weighted by atomic mass is 35.5. The molecular weight excluding hydrogens is 631 g/mol. The first kappa shape index (κ1) is 32.2. The second-order valence-electron chi connectivity index (χ2n) is 10.5. The van der Waals surface area contributed by atoms with Gasteiger partial charge in [0.1, 0.15) is 10.8 Å². The largest absolute Gasteiger partial charge is 0.479 e. The summed E-state index contributed by atoms with van der Waals surface area (Å²) in [6.45, 7) is 7.40. The standard InChI is InChI=1S/C32H31ClF3N3O3S2/c1-20-17-26(11-12-28(20)42-21(2)31(40)41)43-19-29-27(37-30(44-29)22-3-5-23(6-4-22)32(34,35)36)18-38-13-15-39(16-14-38)25-9-7-24(33)8-10-25/h3-12,17,21H,13-16,18-19H2,1-2H3,(H,40,41). The molecule has 232 valence electrons. The predicted molar refractivity (Wildman–Crippen MR) is 170 cm³/mol. The van der Waals surface area contributed by atoms with Crippen LogP contribution in [0.3, 0.4) is 0 Å². The Labute approximate surface area is 267 Å². The van der Waals surface area contributed by atoms with Gasteiger partial charge in [0.05, 0.1) is 11.3 Å². The van der Waals surface area contributed by atoms with Gasteiger partial charge in [0, 0.05) is 64.5 Å². The van der Waals surface area contributed by atoms with E-state index in [1.54, 1.807) is 17.8 Å². The molecule has 1 aliphatic rings. The third-order valence-electron chi connectivity index (χ3n) is 7.34. The Morgan fingerprint density at radius 2 is 1.75 bits per heavy atom.